The van der Waals surface area contributed by atoms with Crippen LogP contribution in [0.1, 0.15) is 28.3 Å². The van der Waals surface area contributed by atoms with Crippen molar-refractivity contribution in [1.82, 2.24) is 13.9 Å². The number of rotatable bonds is 5. The molecule has 4 rings (SSSR count). The normalized spacial score (nSPS) is 22.8. The van der Waals surface area contributed by atoms with Crippen LogP contribution >= 0.6 is 11.6 Å². The Morgan fingerprint density at radius 2 is 1.71 bits per heavy atom. The average molecular weight is 420 g/mol. The quantitative estimate of drug-likeness (QED) is 0.809. The monoisotopic (exact) mass is 419 g/mol. The lowest BCUT2D eigenvalue weighted by molar-refractivity contribution is 0.0697. The van der Waals surface area contributed by atoms with Gasteiger partial charge >= 0.3 is 0 Å². The van der Waals surface area contributed by atoms with E-state index in [1.807, 2.05) is 30.3 Å². The first-order valence-electron chi connectivity index (χ1n) is 9.31. The topological polar surface area (TPSA) is 69.7 Å². The number of nitrogens with zero attached hydrogens (tertiary/aromatic N) is 2. The van der Waals surface area contributed by atoms with Gasteiger partial charge in [0.15, 0.2) is 0 Å². The molecule has 148 valence electrons. The second-order valence-corrected chi connectivity index (χ2v) is 9.32. The van der Waals surface area contributed by atoms with Crippen molar-refractivity contribution in [2.75, 3.05) is 26.2 Å². The van der Waals surface area contributed by atoms with Gasteiger partial charge in [-0.2, -0.15) is 17.4 Å². The summed E-state index contributed by atoms with van der Waals surface area (Å²) in [4.78, 5) is 14.2. The Hall–Kier alpha value is -1.93. The van der Waals surface area contributed by atoms with E-state index in [-0.39, 0.29) is 31.0 Å². The molecule has 0 unspecified atom stereocenters. The highest BCUT2D eigenvalue weighted by atomic mass is 35.5. The minimum atomic E-state index is -3.56. The maximum Gasteiger partial charge on any atom is 0.279 e. The minimum absolute atomic E-state index is 0.0569. The highest BCUT2D eigenvalue weighted by Gasteiger charge is 2.42. The van der Waals surface area contributed by atoms with Gasteiger partial charge in [0, 0.05) is 48.7 Å². The molecule has 8 heteroatoms. The fraction of sp³-hybridized carbons (Fsp3) is 0.350. The van der Waals surface area contributed by atoms with Crippen LogP contribution in [0.15, 0.2) is 54.6 Å². The number of benzene rings is 2. The zero-order chi connectivity index (χ0) is 19.7. The summed E-state index contributed by atoms with van der Waals surface area (Å²) in [5.41, 5.74) is 1.68. The van der Waals surface area contributed by atoms with Crippen LogP contribution < -0.4 is 4.72 Å². The molecule has 1 saturated carbocycles. The van der Waals surface area contributed by atoms with Gasteiger partial charge in [0.25, 0.3) is 16.1 Å². The van der Waals surface area contributed by atoms with Crippen molar-refractivity contribution in [2.24, 2.45) is 0 Å². The molecule has 1 heterocycles. The van der Waals surface area contributed by atoms with Crippen molar-refractivity contribution in [3.8, 4) is 0 Å². The second kappa shape index (κ2) is 7.83. The zero-order valence-corrected chi connectivity index (χ0v) is 16.9. The first-order chi connectivity index (χ1) is 13.4. The summed E-state index contributed by atoms with van der Waals surface area (Å²) < 4.78 is 29.6. The molecule has 0 radical (unpaired) electrons. The van der Waals surface area contributed by atoms with Gasteiger partial charge in [-0.05, 0) is 30.2 Å². The Morgan fingerprint density at radius 3 is 2.39 bits per heavy atom. The number of nitrogens with one attached hydrogen (secondary N) is 1. The predicted molar refractivity (Wildman–Crippen MR) is 109 cm³/mol. The molecule has 2 aromatic rings. The zero-order valence-electron chi connectivity index (χ0n) is 15.3. The first-order valence-corrected chi connectivity index (χ1v) is 11.1. The summed E-state index contributed by atoms with van der Waals surface area (Å²) in [7, 11) is -3.56. The maximum atomic E-state index is 12.7. The SMILES string of the molecule is O=C(c1cccc(Cl)c1)N1CCN(S(=O)(=O)N[C@@H]2C[C@H]2c2ccccc2)CC1. The molecular formula is C20H22ClN3O3S. The van der Waals surface area contributed by atoms with Gasteiger partial charge in [0.2, 0.25) is 0 Å². The molecule has 6 nitrogen and oxygen atoms in total. The van der Waals surface area contributed by atoms with Crippen molar-refractivity contribution in [3.05, 3.63) is 70.7 Å². The molecule has 1 N–H and O–H groups in total. The lowest BCUT2D eigenvalue weighted by Gasteiger charge is -2.34. The van der Waals surface area contributed by atoms with E-state index < -0.39 is 10.2 Å². The Bertz CT molecular complexity index is 960. The fourth-order valence-electron chi connectivity index (χ4n) is 3.60. The van der Waals surface area contributed by atoms with E-state index in [9.17, 15) is 13.2 Å². The molecule has 2 atom stereocenters. The molecular weight excluding hydrogens is 398 g/mol. The van der Waals surface area contributed by atoms with Crippen LogP contribution in [0.5, 0.6) is 0 Å². The van der Waals surface area contributed by atoms with E-state index in [0.29, 0.717) is 23.7 Å². The van der Waals surface area contributed by atoms with Crippen LogP contribution in [0.2, 0.25) is 5.02 Å². The molecule has 1 aliphatic carbocycles. The van der Waals surface area contributed by atoms with Crippen LogP contribution in [-0.4, -0.2) is 55.8 Å². The highest BCUT2D eigenvalue weighted by Crippen LogP contribution is 2.41. The van der Waals surface area contributed by atoms with Crippen LogP contribution in [0, 0.1) is 0 Å². The number of piperazine rings is 1. The number of hydrogen-bond donors (Lipinski definition) is 1. The standard InChI is InChI=1S/C20H22ClN3O3S/c21-17-8-4-7-16(13-17)20(25)23-9-11-24(12-10-23)28(26,27)22-19-14-18(19)15-5-2-1-3-6-15/h1-8,13,18-19,22H,9-12,14H2/t18-,19+/m0/s1. The number of carbonyl (C=O) groups excluding carboxylic acids is 1. The van der Waals surface area contributed by atoms with Crippen LogP contribution in [0.4, 0.5) is 0 Å². The molecule has 0 bridgehead atoms. The van der Waals surface area contributed by atoms with E-state index in [0.717, 1.165) is 12.0 Å². The molecule has 28 heavy (non-hydrogen) atoms. The summed E-state index contributed by atoms with van der Waals surface area (Å²) in [6.07, 6.45) is 0.816. The van der Waals surface area contributed by atoms with Crippen molar-refractivity contribution in [2.45, 2.75) is 18.4 Å². The lowest BCUT2D eigenvalue weighted by Crippen LogP contribution is -2.53. The van der Waals surface area contributed by atoms with Gasteiger partial charge in [0.1, 0.15) is 0 Å². The van der Waals surface area contributed by atoms with Crippen LogP contribution in [0.25, 0.3) is 0 Å². The second-order valence-electron chi connectivity index (χ2n) is 7.18. The summed E-state index contributed by atoms with van der Waals surface area (Å²) in [6.45, 7) is 1.28. The Kier molecular flexibility index (Phi) is 5.42. The largest absolute Gasteiger partial charge is 0.336 e. The van der Waals surface area contributed by atoms with Crippen LogP contribution in [-0.2, 0) is 10.2 Å². The van der Waals surface area contributed by atoms with Crippen molar-refractivity contribution in [3.63, 3.8) is 0 Å². The third kappa shape index (κ3) is 4.22. The van der Waals surface area contributed by atoms with Crippen LogP contribution in [0.3, 0.4) is 0 Å². The predicted octanol–water partition coefficient (Wildman–Crippen LogP) is 2.49. The molecule has 2 fully saturated rings. The molecule has 1 aliphatic heterocycles. The van der Waals surface area contributed by atoms with Gasteiger partial charge in [-0.15, -0.1) is 0 Å². The first kappa shape index (κ1) is 19.4. The third-order valence-corrected chi connectivity index (χ3v) is 7.14. The van der Waals surface area contributed by atoms with Gasteiger partial charge in [-0.3, -0.25) is 4.79 Å². The van der Waals surface area contributed by atoms with E-state index in [2.05, 4.69) is 4.72 Å². The number of halogens is 1. The lowest BCUT2D eigenvalue weighted by atomic mass is 10.1. The average Bonchev–Trinajstić information content (AvgIpc) is 3.46. The van der Waals surface area contributed by atoms with Crippen molar-refractivity contribution < 1.29 is 13.2 Å². The molecule has 2 aliphatic rings. The van der Waals surface area contributed by atoms with E-state index in [1.54, 1.807) is 29.2 Å². The van der Waals surface area contributed by atoms with Gasteiger partial charge in [0.05, 0.1) is 0 Å². The van der Waals surface area contributed by atoms with Crippen molar-refractivity contribution >= 4 is 27.7 Å². The minimum Gasteiger partial charge on any atom is -0.336 e. The van der Waals surface area contributed by atoms with Gasteiger partial charge in [-0.25, -0.2) is 0 Å². The third-order valence-electron chi connectivity index (χ3n) is 5.26. The number of amides is 1. The molecule has 1 amide bonds. The Labute approximate surface area is 170 Å². The molecule has 0 aromatic heterocycles. The number of hydrogen-bond acceptors (Lipinski definition) is 3. The van der Waals surface area contributed by atoms with Gasteiger partial charge in [-0.1, -0.05) is 48.0 Å². The number of carbonyl (C=O) groups is 1. The maximum absolute atomic E-state index is 12.7. The summed E-state index contributed by atoms with van der Waals surface area (Å²) in [6, 6.07) is 16.7. The highest BCUT2D eigenvalue weighted by molar-refractivity contribution is 7.87. The Morgan fingerprint density at radius 1 is 1.00 bits per heavy atom. The Balaban J connectivity index is 1.32. The smallest absolute Gasteiger partial charge is 0.279 e. The summed E-state index contributed by atoms with van der Waals surface area (Å²) >= 11 is 5.95. The van der Waals surface area contributed by atoms with E-state index in [1.165, 1.54) is 4.31 Å². The van der Waals surface area contributed by atoms with Gasteiger partial charge < -0.3 is 4.90 Å². The van der Waals surface area contributed by atoms with E-state index in [4.69, 9.17) is 11.6 Å². The molecule has 2 aromatic carbocycles. The summed E-state index contributed by atoms with van der Waals surface area (Å²) in [5, 5.41) is 0.508. The summed E-state index contributed by atoms with van der Waals surface area (Å²) in [5.74, 6) is 0.112. The molecule has 0 spiro atoms. The molecule has 1 saturated heterocycles. The fourth-order valence-corrected chi connectivity index (χ4v) is 5.22. The van der Waals surface area contributed by atoms with Crippen molar-refractivity contribution in [1.29, 1.82) is 0 Å². The van der Waals surface area contributed by atoms with E-state index >= 15 is 0 Å².